The summed E-state index contributed by atoms with van der Waals surface area (Å²) in [7, 11) is 0. The van der Waals surface area contributed by atoms with Crippen LogP contribution >= 0.6 is 0 Å². The minimum Gasteiger partial charge on any atom is -0.320 e. The number of rotatable bonds is 29. The van der Waals surface area contributed by atoms with Crippen molar-refractivity contribution >= 4 is 0 Å². The van der Waals surface area contributed by atoms with Crippen LogP contribution in [0.5, 0.6) is 0 Å². The topological polar surface area (TPSA) is 0 Å². The van der Waals surface area contributed by atoms with Crippen molar-refractivity contribution < 1.29 is 4.48 Å². The van der Waals surface area contributed by atoms with Crippen LogP contribution in [0.15, 0.2) is 66.8 Å². The van der Waals surface area contributed by atoms with Crippen LogP contribution in [0.4, 0.5) is 0 Å². The molecule has 0 spiro atoms. The van der Waals surface area contributed by atoms with Crippen LogP contribution in [0.3, 0.4) is 0 Å². The van der Waals surface area contributed by atoms with Crippen LogP contribution in [-0.2, 0) is 6.54 Å². The van der Waals surface area contributed by atoms with E-state index in [9.17, 15) is 0 Å². The largest absolute Gasteiger partial charge is 0.320 e. The van der Waals surface area contributed by atoms with Crippen LogP contribution in [-0.4, -0.2) is 24.1 Å². The summed E-state index contributed by atoms with van der Waals surface area (Å²) in [5.74, 6) is 0. The number of unbranched alkanes of at least 4 members (excludes halogenated alkanes) is 15. The Bertz CT molecular complexity index is 674. The van der Waals surface area contributed by atoms with Crippen molar-refractivity contribution in [1.29, 1.82) is 0 Å². The van der Waals surface area contributed by atoms with E-state index < -0.39 is 0 Å². The van der Waals surface area contributed by atoms with E-state index in [1.165, 1.54) is 171 Å². The predicted octanol–water partition coefficient (Wildman–Crippen LogP) is 12.9. The molecule has 0 N–H and O–H groups in total. The van der Waals surface area contributed by atoms with E-state index in [2.05, 4.69) is 87.6 Å². The molecule has 1 heteroatoms. The molecule has 0 aromatic heterocycles. The second-order valence-electron chi connectivity index (χ2n) is 12.5. The maximum atomic E-state index is 2.46. The van der Waals surface area contributed by atoms with Gasteiger partial charge in [0, 0.05) is 5.56 Å². The molecule has 0 aliphatic carbocycles. The zero-order chi connectivity index (χ0) is 29.5. The minimum atomic E-state index is 1.20. The maximum Gasteiger partial charge on any atom is 0.104 e. The molecule has 0 aliphatic rings. The fourth-order valence-electron chi connectivity index (χ4n) is 5.92. The lowest BCUT2D eigenvalue weighted by atomic mass is 10.1. The zero-order valence-electron chi connectivity index (χ0n) is 28.0. The summed E-state index contributed by atoms with van der Waals surface area (Å²) in [5, 5.41) is 0. The molecule has 41 heavy (non-hydrogen) atoms. The second kappa shape index (κ2) is 28.5. The molecule has 0 atom stereocenters. The minimum absolute atomic E-state index is 1.20. The molecular formula is C40H70N+. The van der Waals surface area contributed by atoms with Crippen molar-refractivity contribution in [3.05, 3.63) is 72.4 Å². The van der Waals surface area contributed by atoms with Crippen LogP contribution in [0.25, 0.3) is 0 Å². The monoisotopic (exact) mass is 565 g/mol. The summed E-state index contributed by atoms with van der Waals surface area (Å²) in [6.07, 6.45) is 42.4. The maximum absolute atomic E-state index is 2.46. The highest BCUT2D eigenvalue weighted by Crippen LogP contribution is 2.21. The van der Waals surface area contributed by atoms with Crippen LogP contribution in [0.2, 0.25) is 0 Å². The third kappa shape index (κ3) is 22.6. The third-order valence-corrected chi connectivity index (χ3v) is 8.54. The smallest absolute Gasteiger partial charge is 0.104 e. The fraction of sp³-hybridized carbons (Fsp3) is 0.700. The Morgan fingerprint density at radius 1 is 0.415 bits per heavy atom. The molecule has 0 radical (unpaired) electrons. The molecule has 0 unspecified atom stereocenters. The first-order valence-electron chi connectivity index (χ1n) is 18.1. The highest BCUT2D eigenvalue weighted by atomic mass is 15.3. The van der Waals surface area contributed by atoms with E-state index >= 15 is 0 Å². The number of quaternary nitrogens is 1. The van der Waals surface area contributed by atoms with Gasteiger partial charge in [0.2, 0.25) is 0 Å². The number of hydrogen-bond donors (Lipinski definition) is 0. The first-order chi connectivity index (χ1) is 20.3. The van der Waals surface area contributed by atoms with Crippen molar-refractivity contribution in [2.24, 2.45) is 0 Å². The van der Waals surface area contributed by atoms with Gasteiger partial charge in [0.15, 0.2) is 0 Å². The first-order valence-corrected chi connectivity index (χ1v) is 18.1. The lowest BCUT2D eigenvalue weighted by molar-refractivity contribution is -0.941. The van der Waals surface area contributed by atoms with Crippen molar-refractivity contribution in [1.82, 2.24) is 0 Å². The van der Waals surface area contributed by atoms with Crippen LogP contribution in [0.1, 0.15) is 161 Å². The summed E-state index contributed by atoms with van der Waals surface area (Å²) in [6.45, 7) is 12.1. The van der Waals surface area contributed by atoms with E-state index in [0.717, 1.165) is 0 Å². The van der Waals surface area contributed by atoms with E-state index in [4.69, 9.17) is 0 Å². The van der Waals surface area contributed by atoms with E-state index in [1.54, 1.807) is 0 Å². The summed E-state index contributed by atoms with van der Waals surface area (Å²) >= 11 is 0. The Kier molecular flexibility index (Phi) is 26.0. The Hall–Kier alpha value is -1.60. The zero-order valence-corrected chi connectivity index (χ0v) is 28.0. The number of hydrogen-bond acceptors (Lipinski definition) is 0. The Morgan fingerprint density at radius 3 is 1.05 bits per heavy atom. The Labute approximate surface area is 258 Å². The molecule has 1 rings (SSSR count). The highest BCUT2D eigenvalue weighted by Gasteiger charge is 2.26. The molecule has 1 aromatic carbocycles. The van der Waals surface area contributed by atoms with Gasteiger partial charge >= 0.3 is 0 Å². The number of benzene rings is 1. The molecule has 0 saturated heterocycles. The predicted molar refractivity (Wildman–Crippen MR) is 186 cm³/mol. The SMILES string of the molecule is CCCCC/C=C/CCCC[N+](CCCC/C=C/CCCCC)(CCCC/C=C/CCCCC)Cc1ccccc1. The lowest BCUT2D eigenvalue weighted by Crippen LogP contribution is -2.49. The van der Waals surface area contributed by atoms with Gasteiger partial charge in [0.1, 0.15) is 6.54 Å². The van der Waals surface area contributed by atoms with Crippen molar-refractivity contribution in [2.75, 3.05) is 19.6 Å². The Balaban J connectivity index is 2.71. The van der Waals surface area contributed by atoms with Gasteiger partial charge in [-0.15, -0.1) is 0 Å². The van der Waals surface area contributed by atoms with E-state index in [-0.39, 0.29) is 0 Å². The number of allylic oxidation sites excluding steroid dienone is 6. The average Bonchev–Trinajstić information content (AvgIpc) is 2.99. The van der Waals surface area contributed by atoms with Crippen molar-refractivity contribution in [3.8, 4) is 0 Å². The normalized spacial score (nSPS) is 12.5. The Morgan fingerprint density at radius 2 is 0.732 bits per heavy atom. The third-order valence-electron chi connectivity index (χ3n) is 8.54. The van der Waals surface area contributed by atoms with Gasteiger partial charge in [-0.2, -0.15) is 0 Å². The second-order valence-corrected chi connectivity index (χ2v) is 12.5. The first kappa shape index (κ1) is 37.4. The van der Waals surface area contributed by atoms with E-state index in [1.807, 2.05) is 0 Å². The van der Waals surface area contributed by atoms with Gasteiger partial charge in [-0.05, 0) is 96.3 Å². The van der Waals surface area contributed by atoms with Gasteiger partial charge in [-0.25, -0.2) is 0 Å². The summed E-state index contributed by atoms with van der Waals surface area (Å²) in [6, 6.07) is 11.4. The summed E-state index contributed by atoms with van der Waals surface area (Å²) in [5.41, 5.74) is 1.52. The van der Waals surface area contributed by atoms with Gasteiger partial charge < -0.3 is 4.48 Å². The van der Waals surface area contributed by atoms with Crippen molar-refractivity contribution in [3.63, 3.8) is 0 Å². The van der Waals surface area contributed by atoms with Gasteiger partial charge in [0.25, 0.3) is 0 Å². The molecule has 0 aliphatic heterocycles. The molecule has 1 nitrogen and oxygen atoms in total. The molecule has 0 saturated carbocycles. The number of nitrogens with zero attached hydrogens (tertiary/aromatic N) is 1. The van der Waals surface area contributed by atoms with Gasteiger partial charge in [0.05, 0.1) is 19.6 Å². The standard InChI is InChI=1S/C40H70N/c1-4-7-10-13-16-19-22-25-31-36-41(39-40-34-29-28-30-35-40,37-32-26-23-20-17-14-11-8-5-2)38-33-27-24-21-18-15-12-9-6-3/h16-21,28-30,34-35H,4-15,22-27,31-33,36-39H2,1-3H3/q+1/b19-16+,20-17+,21-18+. The summed E-state index contributed by atoms with van der Waals surface area (Å²) < 4.78 is 1.28. The summed E-state index contributed by atoms with van der Waals surface area (Å²) in [4.78, 5) is 0. The van der Waals surface area contributed by atoms with Crippen LogP contribution < -0.4 is 0 Å². The van der Waals surface area contributed by atoms with E-state index in [0.29, 0.717) is 0 Å². The average molecular weight is 565 g/mol. The molecule has 0 heterocycles. The highest BCUT2D eigenvalue weighted by molar-refractivity contribution is 5.13. The van der Waals surface area contributed by atoms with Crippen LogP contribution in [0, 0.1) is 0 Å². The fourth-order valence-corrected chi connectivity index (χ4v) is 5.92. The molecule has 234 valence electrons. The van der Waals surface area contributed by atoms with Gasteiger partial charge in [-0.1, -0.05) is 126 Å². The quantitative estimate of drug-likeness (QED) is 0.0515. The lowest BCUT2D eigenvalue weighted by Gasteiger charge is -2.39. The molecular weight excluding hydrogens is 494 g/mol. The van der Waals surface area contributed by atoms with Gasteiger partial charge in [-0.3, -0.25) is 0 Å². The molecule has 0 bridgehead atoms. The van der Waals surface area contributed by atoms with Crippen molar-refractivity contribution in [2.45, 2.75) is 162 Å². The molecule has 1 aromatic rings. The molecule has 0 amide bonds. The molecule has 0 fully saturated rings.